The smallest absolute Gasteiger partial charge is 0.321 e. The molecule has 0 aliphatic rings. The summed E-state index contributed by atoms with van der Waals surface area (Å²) >= 11 is 2.60. The molecule has 1 aromatic heterocycles. The number of rotatable bonds is 7. The Bertz CT molecular complexity index is 918. The molecule has 0 saturated carbocycles. The molecule has 1 atom stereocenters. The third kappa shape index (κ3) is 5.54. The Morgan fingerprint density at radius 1 is 1.04 bits per heavy atom. The highest BCUT2D eigenvalue weighted by molar-refractivity contribution is 8.01. The van der Waals surface area contributed by atoms with Crippen LogP contribution in [0.15, 0.2) is 65.0 Å². The second-order valence-electron chi connectivity index (χ2n) is 5.62. The highest BCUT2D eigenvalue weighted by Gasteiger charge is 2.25. The summed E-state index contributed by atoms with van der Waals surface area (Å²) in [6.07, 6.45) is 0. The van der Waals surface area contributed by atoms with Crippen molar-refractivity contribution in [2.45, 2.75) is 16.5 Å². The van der Waals surface area contributed by atoms with Gasteiger partial charge in [-0.1, -0.05) is 71.6 Å². The van der Waals surface area contributed by atoms with Gasteiger partial charge in [0.1, 0.15) is 5.25 Å². The molecule has 7 nitrogen and oxygen atoms in total. The van der Waals surface area contributed by atoms with E-state index in [4.69, 9.17) is 0 Å². The highest BCUT2D eigenvalue weighted by Crippen LogP contribution is 2.38. The number of carbonyl (C=O) groups excluding carboxylic acids is 2. The average Bonchev–Trinajstić information content (AvgIpc) is 3.14. The second kappa shape index (κ2) is 9.86. The van der Waals surface area contributed by atoms with E-state index in [0.29, 0.717) is 16.0 Å². The molecular formula is C19H19N5O2S2. The molecule has 1 heterocycles. The highest BCUT2D eigenvalue weighted by atomic mass is 32.2. The van der Waals surface area contributed by atoms with Crippen molar-refractivity contribution >= 4 is 45.9 Å². The molecule has 0 bridgehead atoms. The van der Waals surface area contributed by atoms with Crippen molar-refractivity contribution in [3.8, 4) is 0 Å². The van der Waals surface area contributed by atoms with Gasteiger partial charge in [-0.3, -0.25) is 10.1 Å². The maximum atomic E-state index is 12.7. The largest absolute Gasteiger partial charge is 0.338 e. The van der Waals surface area contributed by atoms with E-state index in [0.717, 1.165) is 11.3 Å². The van der Waals surface area contributed by atoms with Crippen LogP contribution in [0.2, 0.25) is 0 Å². The quantitative estimate of drug-likeness (QED) is 0.508. The van der Waals surface area contributed by atoms with Crippen molar-refractivity contribution in [2.75, 3.05) is 11.9 Å². The summed E-state index contributed by atoms with van der Waals surface area (Å²) in [5.74, 6) is -0.407. The number of anilines is 2. The molecule has 0 spiro atoms. The molecule has 0 unspecified atom stereocenters. The van der Waals surface area contributed by atoms with Gasteiger partial charge < -0.3 is 10.6 Å². The molecule has 9 heteroatoms. The van der Waals surface area contributed by atoms with E-state index < -0.39 is 17.2 Å². The summed E-state index contributed by atoms with van der Waals surface area (Å²) < 4.78 is 0.623. The number of carbonyl (C=O) groups is 2. The minimum Gasteiger partial charge on any atom is -0.338 e. The van der Waals surface area contributed by atoms with E-state index in [1.54, 1.807) is 6.92 Å². The summed E-state index contributed by atoms with van der Waals surface area (Å²) in [6, 6.07) is 18.4. The number of benzene rings is 2. The fourth-order valence-electron chi connectivity index (χ4n) is 2.34. The number of amides is 3. The lowest BCUT2D eigenvalue weighted by Crippen LogP contribution is -2.41. The lowest BCUT2D eigenvalue weighted by molar-refractivity contribution is -0.119. The molecule has 28 heavy (non-hydrogen) atoms. The van der Waals surface area contributed by atoms with Crippen LogP contribution in [0.5, 0.6) is 0 Å². The molecule has 0 fully saturated rings. The molecule has 0 saturated heterocycles. The molecule has 3 aromatic rings. The fraction of sp³-hybridized carbons (Fsp3) is 0.158. The molecule has 0 aliphatic carbocycles. The maximum Gasteiger partial charge on any atom is 0.321 e. The van der Waals surface area contributed by atoms with Crippen LogP contribution in [-0.4, -0.2) is 28.7 Å². The summed E-state index contributed by atoms with van der Waals surface area (Å²) in [5.41, 5.74) is 1.69. The van der Waals surface area contributed by atoms with Gasteiger partial charge >= 0.3 is 6.03 Å². The van der Waals surface area contributed by atoms with Crippen LogP contribution in [0.4, 0.5) is 15.6 Å². The normalized spacial score (nSPS) is 11.5. The number of urea groups is 1. The first kappa shape index (κ1) is 19.8. The molecule has 3 amide bonds. The van der Waals surface area contributed by atoms with Gasteiger partial charge in [0.05, 0.1) is 0 Å². The van der Waals surface area contributed by atoms with Gasteiger partial charge in [-0.25, -0.2) is 4.79 Å². The van der Waals surface area contributed by atoms with Crippen LogP contribution in [0.3, 0.4) is 0 Å². The standard InChI is InChI=1S/C19H19N5O2S2/c1-2-20-17(26)22-16(25)15(13-9-5-3-6-10-13)27-19-24-23-18(28-19)21-14-11-7-4-8-12-14/h3-12,15H,2H2,1H3,(H,21,23)(H2,20,22,25,26)/t15-/m1/s1. The van der Waals surface area contributed by atoms with E-state index >= 15 is 0 Å². The van der Waals surface area contributed by atoms with E-state index in [1.807, 2.05) is 60.7 Å². The third-order valence-electron chi connectivity index (χ3n) is 3.56. The van der Waals surface area contributed by atoms with Gasteiger partial charge in [0.25, 0.3) is 0 Å². The number of hydrogen-bond acceptors (Lipinski definition) is 7. The number of imide groups is 1. The number of aromatic nitrogens is 2. The fourth-order valence-corrected chi connectivity index (χ4v) is 4.30. The Kier molecular flexibility index (Phi) is 6.99. The SMILES string of the molecule is CCNC(=O)NC(=O)[C@H](Sc1nnc(Nc2ccccc2)s1)c1ccccc1. The summed E-state index contributed by atoms with van der Waals surface area (Å²) in [7, 11) is 0. The monoisotopic (exact) mass is 413 g/mol. The summed E-state index contributed by atoms with van der Waals surface area (Å²) in [5, 5.41) is 16.4. The average molecular weight is 414 g/mol. The van der Waals surface area contributed by atoms with Gasteiger partial charge in [0.2, 0.25) is 11.0 Å². The Labute approximate surface area is 171 Å². The first-order valence-electron chi connectivity index (χ1n) is 8.61. The maximum absolute atomic E-state index is 12.7. The van der Waals surface area contributed by atoms with Crippen molar-refractivity contribution < 1.29 is 9.59 Å². The first-order chi connectivity index (χ1) is 13.7. The van der Waals surface area contributed by atoms with Gasteiger partial charge in [-0.05, 0) is 24.6 Å². The molecule has 0 radical (unpaired) electrons. The third-order valence-corrected chi connectivity index (χ3v) is 5.74. The Morgan fingerprint density at radius 2 is 1.71 bits per heavy atom. The lowest BCUT2D eigenvalue weighted by atomic mass is 10.1. The van der Waals surface area contributed by atoms with Gasteiger partial charge in [0.15, 0.2) is 4.34 Å². The molecule has 144 valence electrons. The van der Waals surface area contributed by atoms with E-state index in [9.17, 15) is 9.59 Å². The summed E-state index contributed by atoms with van der Waals surface area (Å²) in [6.45, 7) is 2.23. The van der Waals surface area contributed by atoms with Crippen molar-refractivity contribution in [3.05, 3.63) is 66.2 Å². The zero-order valence-corrected chi connectivity index (χ0v) is 16.7. The van der Waals surface area contributed by atoms with Crippen LogP contribution in [0.1, 0.15) is 17.7 Å². The van der Waals surface area contributed by atoms with Crippen LogP contribution in [-0.2, 0) is 4.79 Å². The molecule has 2 aromatic carbocycles. The van der Waals surface area contributed by atoms with Gasteiger partial charge in [-0.2, -0.15) is 0 Å². The van der Waals surface area contributed by atoms with Crippen LogP contribution < -0.4 is 16.0 Å². The second-order valence-corrected chi connectivity index (χ2v) is 7.95. The molecular weight excluding hydrogens is 394 g/mol. The number of hydrogen-bond donors (Lipinski definition) is 3. The minimum atomic E-state index is -0.624. The number of nitrogens with one attached hydrogen (secondary N) is 3. The molecule has 3 rings (SSSR count). The predicted molar refractivity (Wildman–Crippen MR) is 112 cm³/mol. The first-order valence-corrected chi connectivity index (χ1v) is 10.3. The number of thioether (sulfide) groups is 1. The minimum absolute atomic E-state index is 0.407. The van der Waals surface area contributed by atoms with Crippen LogP contribution in [0, 0.1) is 0 Å². The van der Waals surface area contributed by atoms with Crippen LogP contribution in [0.25, 0.3) is 0 Å². The van der Waals surface area contributed by atoms with Crippen molar-refractivity contribution in [3.63, 3.8) is 0 Å². The van der Waals surface area contributed by atoms with Crippen molar-refractivity contribution in [2.24, 2.45) is 0 Å². The predicted octanol–water partition coefficient (Wildman–Crippen LogP) is 3.96. The van der Waals surface area contributed by atoms with Gasteiger partial charge in [0, 0.05) is 12.2 Å². The zero-order chi connectivity index (χ0) is 19.8. The number of para-hydroxylation sites is 1. The van der Waals surface area contributed by atoms with Crippen LogP contribution >= 0.6 is 23.1 Å². The molecule has 0 aliphatic heterocycles. The van der Waals surface area contributed by atoms with Crippen molar-refractivity contribution in [1.82, 2.24) is 20.8 Å². The zero-order valence-electron chi connectivity index (χ0n) is 15.1. The van der Waals surface area contributed by atoms with E-state index in [1.165, 1.54) is 23.1 Å². The lowest BCUT2D eigenvalue weighted by Gasteiger charge is -2.15. The summed E-state index contributed by atoms with van der Waals surface area (Å²) in [4.78, 5) is 24.4. The van der Waals surface area contributed by atoms with E-state index in [2.05, 4.69) is 26.1 Å². The van der Waals surface area contributed by atoms with Crippen molar-refractivity contribution in [1.29, 1.82) is 0 Å². The molecule has 3 N–H and O–H groups in total. The number of nitrogens with zero attached hydrogens (tertiary/aromatic N) is 2. The van der Waals surface area contributed by atoms with Gasteiger partial charge in [-0.15, -0.1) is 10.2 Å². The Hall–Kier alpha value is -2.91. The Morgan fingerprint density at radius 3 is 2.39 bits per heavy atom. The topological polar surface area (TPSA) is 96.0 Å². The Balaban J connectivity index is 1.74. The van der Waals surface area contributed by atoms with E-state index in [-0.39, 0.29) is 0 Å².